The molecule has 1 aromatic heterocycles. The summed E-state index contributed by atoms with van der Waals surface area (Å²) in [5.74, 6) is -0.407. The number of carbonyl (C=O) groups is 2. The molecular formula is C18H28N3O2S+. The lowest BCUT2D eigenvalue weighted by atomic mass is 9.95. The number of primary amides is 1. The van der Waals surface area contributed by atoms with Gasteiger partial charge in [-0.3, -0.25) is 9.59 Å². The third-order valence-electron chi connectivity index (χ3n) is 5.14. The zero-order valence-corrected chi connectivity index (χ0v) is 15.1. The summed E-state index contributed by atoms with van der Waals surface area (Å²) < 4.78 is 0. The summed E-state index contributed by atoms with van der Waals surface area (Å²) in [6, 6.07) is 0. The Bertz CT molecular complexity index is 604. The van der Waals surface area contributed by atoms with E-state index in [-0.39, 0.29) is 5.91 Å². The van der Waals surface area contributed by atoms with Crippen LogP contribution in [0.5, 0.6) is 0 Å². The lowest BCUT2D eigenvalue weighted by Gasteiger charge is -2.21. The molecule has 1 aromatic rings. The highest BCUT2D eigenvalue weighted by molar-refractivity contribution is 7.17. The second-order valence-corrected chi connectivity index (χ2v) is 8.13. The minimum Gasteiger partial charge on any atom is -0.365 e. The van der Waals surface area contributed by atoms with Crippen molar-refractivity contribution in [1.82, 2.24) is 0 Å². The molecule has 2 heterocycles. The minimum atomic E-state index is -0.414. The first-order chi connectivity index (χ1) is 11.6. The van der Waals surface area contributed by atoms with Crippen LogP contribution in [0.1, 0.15) is 65.7 Å². The molecule has 2 amide bonds. The largest absolute Gasteiger partial charge is 0.365 e. The van der Waals surface area contributed by atoms with Gasteiger partial charge in [-0.15, -0.1) is 11.3 Å². The van der Waals surface area contributed by atoms with Crippen LogP contribution in [0, 0.1) is 0 Å². The Morgan fingerprint density at radius 1 is 1.00 bits per heavy atom. The molecule has 1 aliphatic carbocycles. The van der Waals surface area contributed by atoms with Gasteiger partial charge in [-0.2, -0.15) is 0 Å². The Labute approximate surface area is 147 Å². The van der Waals surface area contributed by atoms with Crippen LogP contribution in [0.15, 0.2) is 0 Å². The number of likely N-dealkylation sites (tertiary alicyclic amines) is 1. The van der Waals surface area contributed by atoms with E-state index in [0.29, 0.717) is 17.1 Å². The van der Waals surface area contributed by atoms with Gasteiger partial charge < -0.3 is 16.0 Å². The van der Waals surface area contributed by atoms with Crippen molar-refractivity contribution in [3.63, 3.8) is 0 Å². The van der Waals surface area contributed by atoms with Crippen LogP contribution in [0.4, 0.5) is 5.00 Å². The predicted octanol–water partition coefficient (Wildman–Crippen LogP) is 1.51. The summed E-state index contributed by atoms with van der Waals surface area (Å²) >= 11 is 1.55. The molecule has 4 N–H and O–H groups in total. The van der Waals surface area contributed by atoms with Crippen molar-refractivity contribution >= 4 is 28.2 Å². The van der Waals surface area contributed by atoms with E-state index in [9.17, 15) is 9.59 Å². The Hall–Kier alpha value is -1.40. The lowest BCUT2D eigenvalue weighted by Crippen LogP contribution is -3.13. The van der Waals surface area contributed by atoms with Crippen molar-refractivity contribution in [2.45, 2.75) is 57.8 Å². The number of nitrogens with one attached hydrogen (secondary N) is 2. The maximum absolute atomic E-state index is 12.5. The van der Waals surface area contributed by atoms with Crippen LogP contribution in [-0.2, 0) is 17.6 Å². The average molecular weight is 351 g/mol. The van der Waals surface area contributed by atoms with Crippen molar-refractivity contribution in [1.29, 1.82) is 0 Å². The van der Waals surface area contributed by atoms with Crippen LogP contribution in [0.25, 0.3) is 0 Å². The Kier molecular flexibility index (Phi) is 5.89. The third-order valence-corrected chi connectivity index (χ3v) is 6.35. The Balaban J connectivity index is 1.67. The molecule has 1 aliphatic heterocycles. The maximum Gasteiger partial charge on any atom is 0.280 e. The van der Waals surface area contributed by atoms with E-state index in [1.807, 2.05) is 0 Å². The highest BCUT2D eigenvalue weighted by atomic mass is 32.1. The summed E-state index contributed by atoms with van der Waals surface area (Å²) in [6.07, 6.45) is 10.4. The van der Waals surface area contributed by atoms with Gasteiger partial charge in [-0.1, -0.05) is 6.42 Å². The number of thiophene rings is 1. The fourth-order valence-electron chi connectivity index (χ4n) is 3.89. The van der Waals surface area contributed by atoms with E-state index < -0.39 is 5.91 Å². The summed E-state index contributed by atoms with van der Waals surface area (Å²) in [4.78, 5) is 27.0. The molecule has 5 nitrogen and oxygen atoms in total. The highest BCUT2D eigenvalue weighted by Gasteiger charge is 2.25. The summed E-state index contributed by atoms with van der Waals surface area (Å²) in [5.41, 5.74) is 7.23. The van der Waals surface area contributed by atoms with Crippen molar-refractivity contribution in [2.24, 2.45) is 5.73 Å². The van der Waals surface area contributed by atoms with Crippen LogP contribution >= 0.6 is 11.3 Å². The van der Waals surface area contributed by atoms with Gasteiger partial charge in [-0.05, 0) is 56.9 Å². The monoisotopic (exact) mass is 350 g/mol. The molecule has 0 radical (unpaired) electrons. The summed E-state index contributed by atoms with van der Waals surface area (Å²) in [7, 11) is 0. The Morgan fingerprint density at radius 3 is 2.38 bits per heavy atom. The summed E-state index contributed by atoms with van der Waals surface area (Å²) in [6.45, 7) is 2.62. The fourth-order valence-corrected chi connectivity index (χ4v) is 5.21. The molecule has 24 heavy (non-hydrogen) atoms. The lowest BCUT2D eigenvalue weighted by molar-refractivity contribution is -0.892. The molecule has 0 saturated carbocycles. The molecular weight excluding hydrogens is 322 g/mol. The number of amides is 2. The number of quaternary nitrogens is 1. The molecule has 0 spiro atoms. The van der Waals surface area contributed by atoms with E-state index in [4.69, 9.17) is 5.73 Å². The maximum atomic E-state index is 12.5. The number of fused-ring (bicyclic) bond motifs is 1. The molecule has 0 bridgehead atoms. The predicted molar refractivity (Wildman–Crippen MR) is 96.8 cm³/mol. The van der Waals surface area contributed by atoms with E-state index in [2.05, 4.69) is 5.32 Å². The van der Waals surface area contributed by atoms with Gasteiger partial charge in [0.05, 0.1) is 18.7 Å². The molecule has 3 rings (SSSR count). The average Bonchev–Trinajstić information content (AvgIpc) is 2.87. The molecule has 0 unspecified atom stereocenters. The zero-order valence-electron chi connectivity index (χ0n) is 14.3. The molecule has 2 aliphatic rings. The fraction of sp³-hybridized carbons (Fsp3) is 0.667. The van der Waals surface area contributed by atoms with Crippen LogP contribution in [0.2, 0.25) is 0 Å². The number of nitrogens with two attached hydrogens (primary N) is 1. The molecule has 6 heteroatoms. The van der Waals surface area contributed by atoms with Gasteiger partial charge in [0, 0.05) is 4.88 Å². The van der Waals surface area contributed by atoms with Crippen molar-refractivity contribution in [3.05, 3.63) is 16.0 Å². The second-order valence-electron chi connectivity index (χ2n) is 7.02. The van der Waals surface area contributed by atoms with Gasteiger partial charge in [0.1, 0.15) is 5.00 Å². The van der Waals surface area contributed by atoms with Gasteiger partial charge in [0.15, 0.2) is 6.54 Å². The van der Waals surface area contributed by atoms with E-state index in [0.717, 1.165) is 44.3 Å². The van der Waals surface area contributed by atoms with Crippen molar-refractivity contribution in [2.75, 3.05) is 25.0 Å². The van der Waals surface area contributed by atoms with Crippen LogP contribution in [0.3, 0.4) is 0 Å². The van der Waals surface area contributed by atoms with Crippen LogP contribution < -0.4 is 16.0 Å². The highest BCUT2D eigenvalue weighted by Crippen LogP contribution is 2.37. The number of anilines is 1. The van der Waals surface area contributed by atoms with Crippen molar-refractivity contribution < 1.29 is 14.5 Å². The molecule has 0 atom stereocenters. The number of rotatable bonds is 4. The second kappa shape index (κ2) is 8.12. The topological polar surface area (TPSA) is 76.6 Å². The number of carbonyl (C=O) groups excluding carboxylic acids is 2. The number of hydrogen-bond donors (Lipinski definition) is 3. The molecule has 0 aromatic carbocycles. The quantitative estimate of drug-likeness (QED) is 0.770. The summed E-state index contributed by atoms with van der Waals surface area (Å²) in [5, 5.41) is 3.66. The smallest absolute Gasteiger partial charge is 0.280 e. The van der Waals surface area contributed by atoms with Gasteiger partial charge in [0.25, 0.3) is 11.8 Å². The van der Waals surface area contributed by atoms with Crippen LogP contribution in [-0.4, -0.2) is 31.4 Å². The van der Waals surface area contributed by atoms with E-state index in [1.54, 1.807) is 11.3 Å². The zero-order chi connectivity index (χ0) is 16.9. The minimum absolute atomic E-state index is 0.00618. The molecule has 1 saturated heterocycles. The van der Waals surface area contributed by atoms with Crippen molar-refractivity contribution in [3.8, 4) is 0 Å². The molecule has 1 fully saturated rings. The number of hydrogen-bond acceptors (Lipinski definition) is 3. The van der Waals surface area contributed by atoms with Gasteiger partial charge in [-0.25, -0.2) is 0 Å². The van der Waals surface area contributed by atoms with E-state index >= 15 is 0 Å². The Morgan fingerprint density at radius 2 is 1.67 bits per heavy atom. The number of aryl methyl sites for hydroxylation is 1. The molecule has 132 valence electrons. The first-order valence-corrected chi connectivity index (χ1v) is 10.0. The third kappa shape index (κ3) is 4.16. The van der Waals surface area contributed by atoms with E-state index in [1.165, 1.54) is 41.9 Å². The van der Waals surface area contributed by atoms with Gasteiger partial charge >= 0.3 is 0 Å². The standard InChI is InChI=1S/C18H27N3O2S/c19-17(23)16-13-8-4-5-9-14(13)24-18(16)20-15(22)12-21-10-6-2-1-3-7-11-21/h1-12H2,(H2,19,23)(H,20,22)/p+1. The van der Waals surface area contributed by atoms with Gasteiger partial charge in [0.2, 0.25) is 0 Å². The SMILES string of the molecule is NC(=O)c1c(NC(=O)C[NH+]2CCCCCCC2)sc2c1CCCC2. The first-order valence-electron chi connectivity index (χ1n) is 9.23. The normalized spacial score (nSPS) is 19.2. The first kappa shape index (κ1) is 17.4.